The monoisotopic (exact) mass is 285 g/mol. The van der Waals surface area contributed by atoms with Crippen LogP contribution in [0.2, 0.25) is 0 Å². The number of carbonyl (C=O) groups is 1. The number of ketones is 1. The third-order valence-electron chi connectivity index (χ3n) is 3.57. The Balaban J connectivity index is 2.46. The van der Waals surface area contributed by atoms with E-state index in [9.17, 15) is 9.18 Å². The van der Waals surface area contributed by atoms with Crippen molar-refractivity contribution in [1.29, 1.82) is 0 Å². The highest BCUT2D eigenvalue weighted by molar-refractivity contribution is 6.11. The Labute approximate surface area is 125 Å². The molecule has 0 heterocycles. The van der Waals surface area contributed by atoms with Crippen LogP contribution in [-0.4, -0.2) is 19.4 Å². The molecule has 2 nitrogen and oxygen atoms in total. The molecule has 1 N–H and O–H groups in total. The molecule has 0 radical (unpaired) electrons. The van der Waals surface area contributed by atoms with Crippen LogP contribution in [0.1, 0.15) is 32.6 Å². The number of likely N-dealkylation sites (N-methyl/N-ethyl adjacent to an activating group) is 1. The second-order valence-corrected chi connectivity index (χ2v) is 5.28. The topological polar surface area (TPSA) is 29.1 Å². The molecule has 0 amide bonds. The second-order valence-electron chi connectivity index (χ2n) is 5.28. The second kappa shape index (κ2) is 6.64. The fourth-order valence-electron chi connectivity index (χ4n) is 2.56. The number of carbonyl (C=O) groups excluding carboxylic acids is 1. The molecule has 2 aromatic carbocycles. The molecular formula is C18H20FNO. The molecule has 0 aliphatic rings. The van der Waals surface area contributed by atoms with Gasteiger partial charge in [-0.25, -0.2) is 4.39 Å². The quantitative estimate of drug-likeness (QED) is 0.853. The average molecular weight is 285 g/mol. The molecule has 0 aromatic heterocycles. The molecule has 0 aliphatic carbocycles. The summed E-state index contributed by atoms with van der Waals surface area (Å²) in [6.07, 6.45) is 0.741. The van der Waals surface area contributed by atoms with Gasteiger partial charge in [-0.2, -0.15) is 0 Å². The highest BCUT2D eigenvalue weighted by Crippen LogP contribution is 2.21. The summed E-state index contributed by atoms with van der Waals surface area (Å²) in [6.45, 7) is 4.38. The number of aryl methyl sites for hydroxylation is 2. The molecule has 0 saturated carbocycles. The van der Waals surface area contributed by atoms with E-state index in [1.165, 1.54) is 6.07 Å². The number of rotatable bonds is 5. The molecule has 2 rings (SSSR count). The maximum Gasteiger partial charge on any atom is 0.196 e. The minimum Gasteiger partial charge on any atom is -0.319 e. The predicted molar refractivity (Wildman–Crippen MR) is 83.4 cm³/mol. The van der Waals surface area contributed by atoms with E-state index < -0.39 is 5.82 Å². The summed E-state index contributed by atoms with van der Waals surface area (Å²) in [5.41, 5.74) is 3.21. The molecule has 0 aliphatic heterocycles. The first-order valence-corrected chi connectivity index (χ1v) is 7.08. The van der Waals surface area contributed by atoms with E-state index >= 15 is 0 Å². The van der Waals surface area contributed by atoms with Crippen LogP contribution in [0.5, 0.6) is 0 Å². The van der Waals surface area contributed by atoms with Gasteiger partial charge >= 0.3 is 0 Å². The first kappa shape index (κ1) is 15.4. The molecule has 0 fully saturated rings. The maximum atomic E-state index is 14.2. The largest absolute Gasteiger partial charge is 0.319 e. The zero-order valence-electron chi connectivity index (χ0n) is 12.7. The van der Waals surface area contributed by atoms with Crippen molar-refractivity contribution >= 4 is 5.78 Å². The zero-order valence-corrected chi connectivity index (χ0v) is 12.7. The van der Waals surface area contributed by atoms with Crippen LogP contribution in [0.25, 0.3) is 0 Å². The average Bonchev–Trinajstić information content (AvgIpc) is 2.44. The molecule has 2 aromatic rings. The zero-order chi connectivity index (χ0) is 15.4. The first-order chi connectivity index (χ1) is 10.0. The van der Waals surface area contributed by atoms with Gasteiger partial charge in [-0.15, -0.1) is 0 Å². The molecule has 0 spiro atoms. The van der Waals surface area contributed by atoms with Gasteiger partial charge in [0.15, 0.2) is 5.78 Å². The smallest absolute Gasteiger partial charge is 0.196 e. The number of benzene rings is 2. The molecule has 21 heavy (non-hydrogen) atoms. The summed E-state index contributed by atoms with van der Waals surface area (Å²) in [6, 6.07) is 10.7. The van der Waals surface area contributed by atoms with Crippen molar-refractivity contribution in [2.24, 2.45) is 0 Å². The summed E-state index contributed by atoms with van der Waals surface area (Å²) in [5, 5.41) is 3.07. The van der Waals surface area contributed by atoms with Gasteiger partial charge < -0.3 is 5.32 Å². The lowest BCUT2D eigenvalue weighted by Crippen LogP contribution is -2.14. The van der Waals surface area contributed by atoms with Crippen LogP contribution >= 0.6 is 0 Å². The van der Waals surface area contributed by atoms with Gasteiger partial charge in [0.25, 0.3) is 0 Å². The molecule has 0 bridgehead atoms. The Morgan fingerprint density at radius 3 is 2.57 bits per heavy atom. The maximum absolute atomic E-state index is 14.2. The Bertz CT molecular complexity index is 641. The minimum absolute atomic E-state index is 0.178. The molecule has 0 atom stereocenters. The summed E-state index contributed by atoms with van der Waals surface area (Å²) in [4.78, 5) is 12.7. The van der Waals surface area contributed by atoms with Gasteiger partial charge in [-0.3, -0.25) is 4.79 Å². The van der Waals surface area contributed by atoms with Crippen LogP contribution in [0.15, 0.2) is 36.4 Å². The van der Waals surface area contributed by atoms with Crippen LogP contribution in [0, 0.1) is 19.7 Å². The Morgan fingerprint density at radius 2 is 1.90 bits per heavy atom. The normalized spacial score (nSPS) is 10.7. The third-order valence-corrected chi connectivity index (χ3v) is 3.57. The van der Waals surface area contributed by atoms with E-state index in [1.807, 2.05) is 38.2 Å². The van der Waals surface area contributed by atoms with Gasteiger partial charge in [0.1, 0.15) is 5.82 Å². The van der Waals surface area contributed by atoms with E-state index in [-0.39, 0.29) is 11.3 Å². The van der Waals surface area contributed by atoms with E-state index in [1.54, 1.807) is 13.0 Å². The van der Waals surface area contributed by atoms with Crippen LogP contribution in [0.4, 0.5) is 4.39 Å². The number of nitrogens with one attached hydrogen (secondary N) is 1. The number of hydrogen-bond donors (Lipinski definition) is 1. The lowest BCUT2D eigenvalue weighted by molar-refractivity contribution is 0.103. The highest BCUT2D eigenvalue weighted by Gasteiger charge is 2.19. The Hall–Kier alpha value is -2.00. The molecule has 0 saturated heterocycles. The third kappa shape index (κ3) is 3.37. The van der Waals surface area contributed by atoms with Crippen molar-refractivity contribution in [1.82, 2.24) is 5.32 Å². The van der Waals surface area contributed by atoms with Gasteiger partial charge in [-0.05, 0) is 56.6 Å². The summed E-state index contributed by atoms with van der Waals surface area (Å²) >= 11 is 0. The van der Waals surface area contributed by atoms with Crippen molar-refractivity contribution in [2.45, 2.75) is 20.3 Å². The standard InChI is InChI=1S/C18H20FNO/c1-12-10-13(2)17(16(19)11-12)18(21)15-7-5-4-6-14(15)8-9-20-3/h4-7,10-11,20H,8-9H2,1-3H3. The van der Waals surface area contributed by atoms with Crippen molar-refractivity contribution in [3.63, 3.8) is 0 Å². The first-order valence-electron chi connectivity index (χ1n) is 7.08. The SMILES string of the molecule is CNCCc1ccccc1C(=O)c1c(C)cc(C)cc1F. The lowest BCUT2D eigenvalue weighted by Gasteiger charge is -2.12. The fraction of sp³-hybridized carbons (Fsp3) is 0.278. The van der Waals surface area contributed by atoms with Crippen LogP contribution < -0.4 is 5.32 Å². The molecule has 3 heteroatoms. The van der Waals surface area contributed by atoms with Crippen molar-refractivity contribution in [2.75, 3.05) is 13.6 Å². The summed E-state index contributed by atoms with van der Waals surface area (Å²) in [7, 11) is 1.87. The Kier molecular flexibility index (Phi) is 4.86. The van der Waals surface area contributed by atoms with Crippen molar-refractivity contribution < 1.29 is 9.18 Å². The lowest BCUT2D eigenvalue weighted by atomic mass is 9.93. The molecule has 110 valence electrons. The minimum atomic E-state index is -0.444. The summed E-state index contributed by atoms with van der Waals surface area (Å²) < 4.78 is 14.2. The van der Waals surface area contributed by atoms with E-state index in [2.05, 4.69) is 5.32 Å². The summed E-state index contributed by atoms with van der Waals surface area (Å²) in [5.74, 6) is -0.683. The predicted octanol–water partition coefficient (Wildman–Crippen LogP) is 3.44. The van der Waals surface area contributed by atoms with E-state index in [0.29, 0.717) is 11.1 Å². The molecular weight excluding hydrogens is 265 g/mol. The fourth-order valence-corrected chi connectivity index (χ4v) is 2.56. The molecule has 0 unspecified atom stereocenters. The van der Waals surface area contributed by atoms with E-state index in [0.717, 1.165) is 24.1 Å². The van der Waals surface area contributed by atoms with Crippen LogP contribution in [0.3, 0.4) is 0 Å². The van der Waals surface area contributed by atoms with Gasteiger partial charge in [0.05, 0.1) is 5.56 Å². The van der Waals surface area contributed by atoms with Gasteiger partial charge in [0.2, 0.25) is 0 Å². The van der Waals surface area contributed by atoms with Crippen LogP contribution in [-0.2, 0) is 6.42 Å². The van der Waals surface area contributed by atoms with Crippen molar-refractivity contribution in [3.05, 3.63) is 70.0 Å². The number of halogens is 1. The van der Waals surface area contributed by atoms with Crippen molar-refractivity contribution in [3.8, 4) is 0 Å². The van der Waals surface area contributed by atoms with Gasteiger partial charge in [-0.1, -0.05) is 30.3 Å². The Morgan fingerprint density at radius 1 is 1.19 bits per heavy atom. The number of hydrogen-bond acceptors (Lipinski definition) is 2. The van der Waals surface area contributed by atoms with E-state index in [4.69, 9.17) is 0 Å². The van der Waals surface area contributed by atoms with Gasteiger partial charge in [0, 0.05) is 5.56 Å². The highest BCUT2D eigenvalue weighted by atomic mass is 19.1.